The fourth-order valence-corrected chi connectivity index (χ4v) is 8.44. The molecule has 3 aliphatic carbocycles. The zero-order chi connectivity index (χ0) is 23.1. The molecule has 1 saturated heterocycles. The summed E-state index contributed by atoms with van der Waals surface area (Å²) in [6.07, 6.45) is 13.3. The van der Waals surface area contributed by atoms with Gasteiger partial charge in [-0.1, -0.05) is 59.0 Å². The minimum atomic E-state index is -0.191. The predicted molar refractivity (Wildman–Crippen MR) is 127 cm³/mol. The van der Waals surface area contributed by atoms with Gasteiger partial charge in [0.1, 0.15) is 5.76 Å². The average molecular weight is 442 g/mol. The van der Waals surface area contributed by atoms with Crippen LogP contribution in [0.5, 0.6) is 0 Å². The highest BCUT2D eigenvalue weighted by Gasteiger charge is 2.60. The smallest absolute Gasteiger partial charge is 0.311 e. The van der Waals surface area contributed by atoms with Gasteiger partial charge in [-0.05, 0) is 91.1 Å². The highest BCUT2D eigenvalue weighted by Crippen LogP contribution is 2.66. The molecular weight excluding hydrogens is 398 g/mol. The zero-order valence-corrected chi connectivity index (χ0v) is 20.8. The van der Waals surface area contributed by atoms with Crippen LogP contribution in [0.3, 0.4) is 0 Å². The van der Waals surface area contributed by atoms with Crippen molar-refractivity contribution in [1.29, 1.82) is 0 Å². The summed E-state index contributed by atoms with van der Waals surface area (Å²) in [5.41, 5.74) is 9.12. The van der Waals surface area contributed by atoms with E-state index in [0.29, 0.717) is 29.6 Å². The molecule has 5 nitrogen and oxygen atoms in total. The van der Waals surface area contributed by atoms with Gasteiger partial charge in [0.05, 0.1) is 6.04 Å². The average Bonchev–Trinajstić information content (AvgIpc) is 3.03. The van der Waals surface area contributed by atoms with Crippen molar-refractivity contribution in [2.45, 2.75) is 105 Å². The summed E-state index contributed by atoms with van der Waals surface area (Å²) in [5.74, 6) is 4.58. The van der Waals surface area contributed by atoms with Crippen LogP contribution in [0.4, 0.5) is 0 Å². The fraction of sp³-hybridized carbons (Fsp3) is 0.889. The van der Waals surface area contributed by atoms with Crippen molar-refractivity contribution in [3.05, 3.63) is 22.3 Å². The third-order valence-corrected chi connectivity index (χ3v) is 10.1. The van der Waals surface area contributed by atoms with Crippen LogP contribution in [0.15, 0.2) is 16.9 Å². The lowest BCUT2D eigenvalue weighted by molar-refractivity contribution is -0.141. The van der Waals surface area contributed by atoms with Gasteiger partial charge in [-0.3, -0.25) is 4.79 Å². The van der Waals surface area contributed by atoms with Crippen LogP contribution < -0.4 is 0 Å². The van der Waals surface area contributed by atoms with E-state index in [4.69, 9.17) is 10.3 Å². The van der Waals surface area contributed by atoms with Crippen molar-refractivity contribution in [2.75, 3.05) is 0 Å². The van der Waals surface area contributed by atoms with Crippen LogP contribution in [0.1, 0.15) is 98.8 Å². The summed E-state index contributed by atoms with van der Waals surface area (Å²) in [6.45, 7) is 12.0. The van der Waals surface area contributed by atoms with E-state index in [1.807, 2.05) is 6.08 Å². The zero-order valence-electron chi connectivity index (χ0n) is 20.8. The Morgan fingerprint density at radius 3 is 2.62 bits per heavy atom. The molecule has 8 atom stereocenters. The maximum Gasteiger partial charge on any atom is 0.311 e. The molecular formula is C27H43N3O2. The van der Waals surface area contributed by atoms with E-state index in [1.165, 1.54) is 44.9 Å². The van der Waals surface area contributed by atoms with Crippen molar-refractivity contribution in [1.82, 2.24) is 0 Å². The van der Waals surface area contributed by atoms with Gasteiger partial charge in [0.15, 0.2) is 0 Å². The Hall–Kier alpha value is -1.48. The van der Waals surface area contributed by atoms with E-state index in [1.54, 1.807) is 0 Å². The summed E-state index contributed by atoms with van der Waals surface area (Å²) < 4.78 is 5.96. The number of allylic oxidation sites excluding steroid dienone is 1. The van der Waals surface area contributed by atoms with E-state index < -0.39 is 0 Å². The Balaban J connectivity index is 1.56. The van der Waals surface area contributed by atoms with Gasteiger partial charge < -0.3 is 4.74 Å². The molecule has 4 aliphatic rings. The molecule has 3 fully saturated rings. The molecule has 32 heavy (non-hydrogen) atoms. The summed E-state index contributed by atoms with van der Waals surface area (Å²) in [6, 6.07) is -0.191. The number of rotatable bonds is 6. The third-order valence-electron chi connectivity index (χ3n) is 10.1. The minimum Gasteiger partial charge on any atom is -0.431 e. The Kier molecular flexibility index (Phi) is 6.69. The van der Waals surface area contributed by atoms with Gasteiger partial charge in [0.25, 0.3) is 0 Å². The number of carbonyl (C=O) groups is 1. The van der Waals surface area contributed by atoms with E-state index in [9.17, 15) is 4.79 Å². The third kappa shape index (κ3) is 4.11. The number of azide groups is 1. The number of esters is 1. The lowest BCUT2D eigenvalue weighted by Gasteiger charge is -2.54. The molecule has 178 valence electrons. The fourth-order valence-electron chi connectivity index (χ4n) is 8.44. The van der Waals surface area contributed by atoms with Gasteiger partial charge in [-0.25, -0.2) is 0 Å². The standard InChI is InChI=1S/C27H43N3O2/c1-17(2)7-6-8-18(3)21-9-10-22-20-16-25(31)32-24-15-19(29-30-28)11-13-27(24,5)23(20)12-14-26(21,22)4/h15,17-23H,6-14,16H2,1-5H3/t18-,19-,20+,21-,22+,23+,26-,27-/m1/s1. The van der Waals surface area contributed by atoms with Crippen molar-refractivity contribution >= 4 is 5.97 Å². The summed E-state index contributed by atoms with van der Waals surface area (Å²) in [7, 11) is 0. The minimum absolute atomic E-state index is 0.0748. The molecule has 0 radical (unpaired) electrons. The monoisotopic (exact) mass is 441 g/mol. The number of carbonyl (C=O) groups excluding carboxylic acids is 1. The predicted octanol–water partition coefficient (Wildman–Crippen LogP) is 7.82. The van der Waals surface area contributed by atoms with Crippen LogP contribution in [0, 0.1) is 46.3 Å². The number of ether oxygens (including phenoxy) is 1. The molecule has 2 saturated carbocycles. The quantitative estimate of drug-likeness (QED) is 0.182. The van der Waals surface area contributed by atoms with Crippen LogP contribution in [0.25, 0.3) is 10.4 Å². The summed E-state index contributed by atoms with van der Waals surface area (Å²) in [5, 5.41) is 3.91. The number of hydrogen-bond donors (Lipinski definition) is 0. The SMILES string of the molecule is CC(C)CCC[C@@H](C)[C@H]1CC[C@H]2[C@@H]3CC(=O)OC4=C[C@H](N=[N+]=[N-])CC[C@]4(C)[C@H]3CC[C@]12C. The molecule has 0 unspecified atom stereocenters. The molecule has 1 aliphatic heterocycles. The summed E-state index contributed by atoms with van der Waals surface area (Å²) >= 11 is 0. The second-order valence-corrected chi connectivity index (χ2v) is 12.3. The molecule has 1 heterocycles. The van der Waals surface area contributed by atoms with Crippen LogP contribution in [0.2, 0.25) is 0 Å². The van der Waals surface area contributed by atoms with Crippen LogP contribution in [-0.2, 0) is 9.53 Å². The Bertz CT molecular complexity index is 801. The highest BCUT2D eigenvalue weighted by atomic mass is 16.5. The van der Waals surface area contributed by atoms with Crippen LogP contribution >= 0.6 is 0 Å². The second-order valence-electron chi connectivity index (χ2n) is 12.3. The largest absolute Gasteiger partial charge is 0.431 e. The first-order valence-electron chi connectivity index (χ1n) is 13.2. The lowest BCUT2D eigenvalue weighted by Crippen LogP contribution is -2.48. The van der Waals surface area contributed by atoms with Crippen molar-refractivity contribution in [3.8, 4) is 0 Å². The molecule has 5 heteroatoms. The molecule has 0 aromatic carbocycles. The first-order valence-corrected chi connectivity index (χ1v) is 13.2. The number of hydrogen-bond acceptors (Lipinski definition) is 3. The molecule has 0 aromatic heterocycles. The van der Waals surface area contributed by atoms with Crippen molar-refractivity contribution in [2.24, 2.45) is 51.5 Å². The van der Waals surface area contributed by atoms with Crippen molar-refractivity contribution < 1.29 is 9.53 Å². The Morgan fingerprint density at radius 2 is 1.91 bits per heavy atom. The van der Waals surface area contributed by atoms with E-state index in [0.717, 1.165) is 36.4 Å². The maximum atomic E-state index is 12.9. The number of fused-ring (bicyclic) bond motifs is 5. The topological polar surface area (TPSA) is 75.1 Å². The van der Waals surface area contributed by atoms with E-state index in [-0.39, 0.29) is 17.4 Å². The molecule has 0 bridgehead atoms. The first kappa shape index (κ1) is 23.7. The molecule has 0 N–H and O–H groups in total. The molecule has 0 aromatic rings. The van der Waals surface area contributed by atoms with Gasteiger partial charge in [-0.2, -0.15) is 0 Å². The van der Waals surface area contributed by atoms with Gasteiger partial charge in [0.2, 0.25) is 0 Å². The van der Waals surface area contributed by atoms with Gasteiger partial charge >= 0.3 is 5.97 Å². The van der Waals surface area contributed by atoms with Gasteiger partial charge in [-0.15, -0.1) is 0 Å². The lowest BCUT2D eigenvalue weighted by atomic mass is 9.50. The van der Waals surface area contributed by atoms with Crippen LogP contribution in [-0.4, -0.2) is 12.0 Å². The maximum absolute atomic E-state index is 12.9. The number of nitrogens with zero attached hydrogens (tertiary/aromatic N) is 3. The Morgan fingerprint density at radius 1 is 1.12 bits per heavy atom. The van der Waals surface area contributed by atoms with E-state index >= 15 is 0 Å². The van der Waals surface area contributed by atoms with E-state index in [2.05, 4.69) is 44.6 Å². The second kappa shape index (κ2) is 9.05. The summed E-state index contributed by atoms with van der Waals surface area (Å²) in [4.78, 5) is 15.9. The Labute approximate surface area is 194 Å². The highest BCUT2D eigenvalue weighted by molar-refractivity contribution is 5.72. The molecule has 4 rings (SSSR count). The van der Waals surface area contributed by atoms with Crippen molar-refractivity contribution in [3.63, 3.8) is 0 Å². The molecule has 0 amide bonds. The first-order chi connectivity index (χ1) is 15.2. The normalized spacial score (nSPS) is 42.0. The molecule has 0 spiro atoms. The van der Waals surface area contributed by atoms with Gasteiger partial charge in [0, 0.05) is 16.7 Å².